The molecule has 288 valence electrons. The van der Waals surface area contributed by atoms with Gasteiger partial charge in [-0.1, -0.05) is 188 Å². The number of hydrogen-bond donors (Lipinski definition) is 0. The van der Waals surface area contributed by atoms with Gasteiger partial charge in [-0.2, -0.15) is 0 Å². The minimum atomic E-state index is -0.278. The van der Waals surface area contributed by atoms with Crippen LogP contribution in [-0.4, -0.2) is 6.10 Å². The molecule has 4 unspecified atom stereocenters. The fourth-order valence-electron chi connectivity index (χ4n) is 11.6. The highest BCUT2D eigenvalue weighted by atomic mass is 16.5. The topological polar surface area (TPSA) is 12.5 Å². The molecule has 1 heterocycles. The van der Waals surface area contributed by atoms with E-state index in [1.54, 1.807) is 0 Å². The highest BCUT2D eigenvalue weighted by Gasteiger charge is 2.56. The number of fused-ring (bicyclic) bond motifs is 14. The molecule has 61 heavy (non-hydrogen) atoms. The molecule has 0 fully saturated rings. The first kappa shape index (κ1) is 34.4. The van der Waals surface area contributed by atoms with Crippen molar-refractivity contribution in [1.29, 1.82) is 0 Å². The van der Waals surface area contributed by atoms with Crippen LogP contribution in [0, 0.1) is 5.92 Å². The van der Waals surface area contributed by atoms with Crippen LogP contribution in [0.2, 0.25) is 0 Å². The Hall–Kier alpha value is -7.42. The van der Waals surface area contributed by atoms with Gasteiger partial charge in [0.1, 0.15) is 11.9 Å². The van der Waals surface area contributed by atoms with E-state index >= 15 is 0 Å². The SMILES string of the molecule is C1=CCC2C(=C1)c1ccccc1C21c2ccccc2-c2cc(N(c3ccccc3-c3cccc4c3OC3C=CC=CC43)c3ccc4ccccc4c3-c3ccccc3)ccc21. The molecule has 8 aromatic carbocycles. The fraction of sp³-hybridized carbons (Fsp3) is 0.0847. The largest absolute Gasteiger partial charge is 0.484 e. The summed E-state index contributed by atoms with van der Waals surface area (Å²) in [5, 5.41) is 2.43. The average molecular weight is 780 g/mol. The van der Waals surface area contributed by atoms with Gasteiger partial charge in [0.2, 0.25) is 0 Å². The summed E-state index contributed by atoms with van der Waals surface area (Å²) in [5.41, 5.74) is 18.6. The molecule has 0 radical (unpaired) electrons. The van der Waals surface area contributed by atoms with Crippen LogP contribution >= 0.6 is 0 Å². The molecular weight excluding hydrogens is 739 g/mol. The number of hydrogen-bond acceptors (Lipinski definition) is 2. The maximum absolute atomic E-state index is 6.85. The van der Waals surface area contributed by atoms with Crippen molar-refractivity contribution in [3.63, 3.8) is 0 Å². The predicted octanol–water partition coefficient (Wildman–Crippen LogP) is 14.9. The third-order valence-electron chi connectivity index (χ3n) is 14.1. The normalized spacial score (nSPS) is 20.7. The number of ether oxygens (including phenoxy) is 1. The molecule has 4 aliphatic carbocycles. The summed E-state index contributed by atoms with van der Waals surface area (Å²) >= 11 is 0. The van der Waals surface area contributed by atoms with Crippen molar-refractivity contribution in [2.75, 3.05) is 4.90 Å². The summed E-state index contributed by atoms with van der Waals surface area (Å²) in [6.45, 7) is 0. The maximum atomic E-state index is 6.85. The van der Waals surface area contributed by atoms with E-state index in [-0.39, 0.29) is 17.4 Å². The zero-order valence-corrected chi connectivity index (χ0v) is 33.6. The lowest BCUT2D eigenvalue weighted by Gasteiger charge is -2.36. The quantitative estimate of drug-likeness (QED) is 0.172. The van der Waals surface area contributed by atoms with Gasteiger partial charge in [0.25, 0.3) is 0 Å². The van der Waals surface area contributed by atoms with E-state index in [4.69, 9.17) is 4.74 Å². The molecule has 0 saturated heterocycles. The van der Waals surface area contributed by atoms with Gasteiger partial charge < -0.3 is 9.64 Å². The lowest BCUT2D eigenvalue weighted by atomic mass is 9.65. The molecular formula is C59H41NO. The van der Waals surface area contributed by atoms with Crippen LogP contribution < -0.4 is 9.64 Å². The van der Waals surface area contributed by atoms with Crippen molar-refractivity contribution in [3.05, 3.63) is 246 Å². The number of benzene rings is 8. The van der Waals surface area contributed by atoms with Crippen LogP contribution in [0.4, 0.5) is 17.1 Å². The third-order valence-corrected chi connectivity index (χ3v) is 14.1. The maximum Gasteiger partial charge on any atom is 0.132 e. The molecule has 8 aromatic rings. The van der Waals surface area contributed by atoms with Crippen molar-refractivity contribution < 1.29 is 4.74 Å². The molecule has 4 atom stereocenters. The van der Waals surface area contributed by atoms with Gasteiger partial charge in [0.15, 0.2) is 0 Å². The summed E-state index contributed by atoms with van der Waals surface area (Å²) in [5.74, 6) is 1.49. The first-order chi connectivity index (χ1) is 30.3. The van der Waals surface area contributed by atoms with Gasteiger partial charge in [0.05, 0.1) is 16.8 Å². The Morgan fingerprint density at radius 1 is 0.525 bits per heavy atom. The van der Waals surface area contributed by atoms with Gasteiger partial charge in [-0.15, -0.1) is 0 Å². The highest BCUT2D eigenvalue weighted by Crippen LogP contribution is 2.66. The van der Waals surface area contributed by atoms with Crippen molar-refractivity contribution in [3.8, 4) is 39.1 Å². The summed E-state index contributed by atoms with van der Waals surface area (Å²) in [6, 6.07) is 65.7. The molecule has 5 aliphatic rings. The molecule has 0 N–H and O–H groups in total. The Morgan fingerprint density at radius 3 is 2.15 bits per heavy atom. The first-order valence-corrected chi connectivity index (χ1v) is 21.6. The van der Waals surface area contributed by atoms with Crippen LogP contribution in [0.3, 0.4) is 0 Å². The average Bonchev–Trinajstić information content (AvgIpc) is 3.96. The monoisotopic (exact) mass is 779 g/mol. The van der Waals surface area contributed by atoms with Crippen molar-refractivity contribution in [1.82, 2.24) is 0 Å². The van der Waals surface area contributed by atoms with E-state index in [1.807, 2.05) is 0 Å². The molecule has 0 saturated carbocycles. The molecule has 0 amide bonds. The lowest BCUT2D eigenvalue weighted by Crippen LogP contribution is -2.32. The van der Waals surface area contributed by atoms with Gasteiger partial charge in [-0.05, 0) is 92.1 Å². The third kappa shape index (κ3) is 4.85. The number of rotatable bonds is 5. The Kier molecular flexibility index (Phi) is 7.51. The Labute approximate surface area is 356 Å². The molecule has 1 spiro atoms. The fourth-order valence-corrected chi connectivity index (χ4v) is 11.6. The van der Waals surface area contributed by atoms with Gasteiger partial charge in [-0.3, -0.25) is 0 Å². The Bertz CT molecular complexity index is 3240. The minimum absolute atomic E-state index is 0.00517. The number of anilines is 3. The van der Waals surface area contributed by atoms with Gasteiger partial charge >= 0.3 is 0 Å². The minimum Gasteiger partial charge on any atom is -0.484 e. The Balaban J connectivity index is 1.09. The van der Waals surface area contributed by atoms with E-state index in [0.717, 1.165) is 40.4 Å². The number of para-hydroxylation sites is 2. The van der Waals surface area contributed by atoms with Crippen LogP contribution in [0.5, 0.6) is 5.75 Å². The molecule has 1 aliphatic heterocycles. The molecule has 0 aromatic heterocycles. The van der Waals surface area contributed by atoms with Crippen LogP contribution in [0.1, 0.15) is 40.2 Å². The van der Waals surface area contributed by atoms with Crippen molar-refractivity contribution in [2.24, 2.45) is 5.92 Å². The van der Waals surface area contributed by atoms with E-state index in [2.05, 4.69) is 223 Å². The van der Waals surface area contributed by atoms with E-state index < -0.39 is 0 Å². The van der Waals surface area contributed by atoms with Crippen molar-refractivity contribution >= 4 is 33.4 Å². The van der Waals surface area contributed by atoms with Crippen LogP contribution in [-0.2, 0) is 5.41 Å². The second-order valence-corrected chi connectivity index (χ2v) is 17.0. The van der Waals surface area contributed by atoms with Crippen LogP contribution in [0.15, 0.2) is 218 Å². The molecule has 2 heteroatoms. The summed E-state index contributed by atoms with van der Waals surface area (Å²) in [6.07, 6.45) is 16.7. The first-order valence-electron chi connectivity index (χ1n) is 21.6. The van der Waals surface area contributed by atoms with Gasteiger partial charge in [-0.25, -0.2) is 0 Å². The second kappa shape index (κ2) is 13.3. The van der Waals surface area contributed by atoms with E-state index in [0.29, 0.717) is 5.92 Å². The standard InChI is InChI=1S/C59H41NO/c1-2-18-39(19-3-1)57-41-20-5-4-17-38(41)33-36-55(57)60(54-31-14-9-24-45(54)47-26-16-27-48-46-25-10-15-32-56(46)61-58(47)48)40-34-35-53-49(37-40)44-23-8-13-30-52(44)59(53)50-28-11-6-21-42(50)43-22-7-12-29-51(43)59/h1-28,30-37,46,51,56H,29H2. The molecule has 0 bridgehead atoms. The van der Waals surface area contributed by atoms with E-state index in [9.17, 15) is 0 Å². The molecule has 2 nitrogen and oxygen atoms in total. The summed E-state index contributed by atoms with van der Waals surface area (Å²) in [7, 11) is 0. The Morgan fingerprint density at radius 2 is 1.25 bits per heavy atom. The van der Waals surface area contributed by atoms with Crippen LogP contribution in [0.25, 0.3) is 49.7 Å². The number of allylic oxidation sites excluding steroid dienone is 6. The molecule has 13 rings (SSSR count). The predicted molar refractivity (Wildman–Crippen MR) is 252 cm³/mol. The van der Waals surface area contributed by atoms with Crippen molar-refractivity contribution in [2.45, 2.75) is 23.9 Å². The summed E-state index contributed by atoms with van der Waals surface area (Å²) in [4.78, 5) is 2.52. The smallest absolute Gasteiger partial charge is 0.132 e. The lowest BCUT2D eigenvalue weighted by molar-refractivity contribution is 0.270. The number of nitrogens with zero attached hydrogens (tertiary/aromatic N) is 1. The van der Waals surface area contributed by atoms with E-state index in [1.165, 1.54) is 66.4 Å². The van der Waals surface area contributed by atoms with Gasteiger partial charge in [0, 0.05) is 39.8 Å². The highest BCUT2D eigenvalue weighted by molar-refractivity contribution is 6.07. The second-order valence-electron chi connectivity index (χ2n) is 17.0. The zero-order chi connectivity index (χ0) is 40.1. The summed E-state index contributed by atoms with van der Waals surface area (Å²) < 4.78 is 6.85. The zero-order valence-electron chi connectivity index (χ0n) is 33.6.